The molecular formula is C13H15NO2S. The summed E-state index contributed by atoms with van der Waals surface area (Å²) < 4.78 is 23.2. The molecule has 0 amide bonds. The number of benzene rings is 1. The van der Waals surface area contributed by atoms with Crippen LogP contribution in [0.5, 0.6) is 0 Å². The van der Waals surface area contributed by atoms with E-state index in [9.17, 15) is 8.42 Å². The van der Waals surface area contributed by atoms with Gasteiger partial charge >= 0.3 is 0 Å². The third kappa shape index (κ3) is 2.00. The molecule has 1 aliphatic carbocycles. The van der Waals surface area contributed by atoms with Gasteiger partial charge in [0.15, 0.2) is 9.84 Å². The zero-order chi connectivity index (χ0) is 12.5. The highest BCUT2D eigenvalue weighted by molar-refractivity contribution is 7.91. The molecule has 2 N–H and O–H groups in total. The summed E-state index contributed by atoms with van der Waals surface area (Å²) >= 11 is 0. The molecule has 90 valence electrons. The van der Waals surface area contributed by atoms with Gasteiger partial charge in [0.2, 0.25) is 0 Å². The van der Waals surface area contributed by atoms with Crippen molar-refractivity contribution in [2.75, 3.05) is 6.26 Å². The van der Waals surface area contributed by atoms with Gasteiger partial charge in [0.25, 0.3) is 0 Å². The van der Waals surface area contributed by atoms with E-state index in [1.165, 1.54) is 6.26 Å². The molecule has 0 aromatic heterocycles. The summed E-state index contributed by atoms with van der Waals surface area (Å²) in [5.41, 5.74) is 7.13. The molecule has 0 saturated carbocycles. The first-order valence-corrected chi connectivity index (χ1v) is 7.24. The number of allylic oxidation sites excluding steroid dienone is 3. The molecule has 17 heavy (non-hydrogen) atoms. The van der Waals surface area contributed by atoms with Crippen LogP contribution in [0.25, 0.3) is 0 Å². The first-order valence-electron chi connectivity index (χ1n) is 5.35. The van der Waals surface area contributed by atoms with Crippen molar-refractivity contribution in [1.29, 1.82) is 0 Å². The molecule has 0 heterocycles. The van der Waals surface area contributed by atoms with Crippen molar-refractivity contribution in [1.82, 2.24) is 0 Å². The molecular weight excluding hydrogens is 234 g/mol. The zero-order valence-electron chi connectivity index (χ0n) is 9.63. The highest BCUT2D eigenvalue weighted by atomic mass is 32.2. The molecule has 1 aromatic rings. The maximum absolute atomic E-state index is 12.1. The third-order valence-electron chi connectivity index (χ3n) is 3.07. The van der Waals surface area contributed by atoms with Gasteiger partial charge < -0.3 is 5.73 Å². The fourth-order valence-electron chi connectivity index (χ4n) is 2.14. The van der Waals surface area contributed by atoms with E-state index in [-0.39, 0.29) is 0 Å². The Bertz CT molecular complexity index is 573. The summed E-state index contributed by atoms with van der Waals surface area (Å²) in [5, 5.41) is 0. The number of hydrogen-bond acceptors (Lipinski definition) is 3. The molecule has 0 fully saturated rings. The number of rotatable bonds is 2. The van der Waals surface area contributed by atoms with E-state index in [0.717, 1.165) is 5.56 Å². The van der Waals surface area contributed by atoms with Gasteiger partial charge in [0.1, 0.15) is 4.75 Å². The van der Waals surface area contributed by atoms with E-state index in [2.05, 4.69) is 0 Å². The fraction of sp³-hybridized carbons (Fsp3) is 0.231. The van der Waals surface area contributed by atoms with Crippen LogP contribution >= 0.6 is 0 Å². The van der Waals surface area contributed by atoms with Crippen LogP contribution in [-0.4, -0.2) is 14.7 Å². The van der Waals surface area contributed by atoms with Crippen LogP contribution in [0.2, 0.25) is 0 Å². The molecule has 0 aliphatic heterocycles. The van der Waals surface area contributed by atoms with Gasteiger partial charge in [-0.1, -0.05) is 42.5 Å². The average Bonchev–Trinajstić information content (AvgIpc) is 2.28. The van der Waals surface area contributed by atoms with Crippen molar-refractivity contribution < 1.29 is 8.42 Å². The lowest BCUT2D eigenvalue weighted by atomic mass is 9.90. The maximum Gasteiger partial charge on any atom is 0.161 e. The lowest BCUT2D eigenvalue weighted by molar-refractivity contribution is 0.559. The second-order valence-corrected chi connectivity index (χ2v) is 6.58. The number of nitrogens with two attached hydrogens (primary N) is 1. The van der Waals surface area contributed by atoms with Gasteiger partial charge in [-0.05, 0) is 11.6 Å². The van der Waals surface area contributed by atoms with Crippen LogP contribution in [0.3, 0.4) is 0 Å². The van der Waals surface area contributed by atoms with Gasteiger partial charge in [-0.15, -0.1) is 0 Å². The smallest absolute Gasteiger partial charge is 0.161 e. The summed E-state index contributed by atoms with van der Waals surface area (Å²) in [4.78, 5) is 0. The molecule has 1 aliphatic rings. The van der Waals surface area contributed by atoms with Crippen LogP contribution in [-0.2, 0) is 14.6 Å². The molecule has 4 heteroatoms. The zero-order valence-corrected chi connectivity index (χ0v) is 10.4. The summed E-state index contributed by atoms with van der Waals surface area (Å²) in [6, 6.07) is 9.19. The lowest BCUT2D eigenvalue weighted by Crippen LogP contribution is -2.36. The molecule has 0 saturated heterocycles. The highest BCUT2D eigenvalue weighted by Gasteiger charge is 2.41. The van der Waals surface area contributed by atoms with E-state index >= 15 is 0 Å². The Morgan fingerprint density at radius 1 is 1.24 bits per heavy atom. The third-order valence-corrected chi connectivity index (χ3v) is 4.91. The predicted octanol–water partition coefficient (Wildman–Crippen LogP) is 1.73. The monoisotopic (exact) mass is 249 g/mol. The van der Waals surface area contributed by atoms with Crippen LogP contribution in [0, 0.1) is 0 Å². The minimum absolute atomic E-state index is 0.312. The minimum Gasteiger partial charge on any atom is -0.402 e. The van der Waals surface area contributed by atoms with Crippen molar-refractivity contribution in [3.63, 3.8) is 0 Å². The van der Waals surface area contributed by atoms with Gasteiger partial charge in [-0.2, -0.15) is 0 Å². The van der Waals surface area contributed by atoms with Gasteiger partial charge in [0.05, 0.1) is 0 Å². The molecule has 1 aromatic carbocycles. The van der Waals surface area contributed by atoms with Crippen molar-refractivity contribution in [3.05, 3.63) is 59.8 Å². The topological polar surface area (TPSA) is 60.2 Å². The SMILES string of the molecule is CS(=O)(=O)C1(c2ccccc2)C=CC=C(N)C1. The molecule has 0 bridgehead atoms. The summed E-state index contributed by atoms with van der Waals surface area (Å²) in [5.74, 6) is 0. The second kappa shape index (κ2) is 4.04. The summed E-state index contributed by atoms with van der Waals surface area (Å²) in [6.07, 6.45) is 6.74. The fourth-order valence-corrected chi connectivity index (χ4v) is 3.45. The molecule has 1 atom stereocenters. The molecule has 0 radical (unpaired) electrons. The normalized spacial score (nSPS) is 24.4. The maximum atomic E-state index is 12.1. The molecule has 0 spiro atoms. The quantitative estimate of drug-likeness (QED) is 0.868. The Balaban J connectivity index is 2.63. The summed E-state index contributed by atoms with van der Waals surface area (Å²) in [6.45, 7) is 0. The molecule has 1 unspecified atom stereocenters. The van der Waals surface area contributed by atoms with Crippen molar-refractivity contribution in [3.8, 4) is 0 Å². The molecule has 2 rings (SSSR count). The van der Waals surface area contributed by atoms with Crippen LogP contribution in [0.1, 0.15) is 12.0 Å². The lowest BCUT2D eigenvalue weighted by Gasteiger charge is -2.31. The highest BCUT2D eigenvalue weighted by Crippen LogP contribution is 2.38. The van der Waals surface area contributed by atoms with Crippen LogP contribution < -0.4 is 5.73 Å². The second-order valence-electron chi connectivity index (χ2n) is 4.31. The Labute approximate surface area is 102 Å². The Hall–Kier alpha value is -1.55. The predicted molar refractivity (Wildman–Crippen MR) is 69.0 cm³/mol. The van der Waals surface area contributed by atoms with E-state index in [4.69, 9.17) is 5.73 Å². The van der Waals surface area contributed by atoms with Gasteiger partial charge in [-0.25, -0.2) is 8.42 Å². The van der Waals surface area contributed by atoms with Crippen molar-refractivity contribution >= 4 is 9.84 Å². The van der Waals surface area contributed by atoms with Crippen molar-refractivity contribution in [2.24, 2.45) is 5.73 Å². The van der Waals surface area contributed by atoms with Crippen LogP contribution in [0.4, 0.5) is 0 Å². The Morgan fingerprint density at radius 2 is 1.88 bits per heavy atom. The standard InChI is InChI=1S/C13H15NO2S/c1-17(15,16)13(9-5-8-12(14)10-13)11-6-3-2-4-7-11/h2-9H,10,14H2,1H3. The number of sulfone groups is 1. The van der Waals surface area contributed by atoms with E-state index < -0.39 is 14.6 Å². The average molecular weight is 249 g/mol. The van der Waals surface area contributed by atoms with E-state index in [1.807, 2.05) is 30.3 Å². The van der Waals surface area contributed by atoms with E-state index in [1.54, 1.807) is 18.2 Å². The Kier molecular flexibility index (Phi) is 2.83. The van der Waals surface area contributed by atoms with Gasteiger partial charge in [0, 0.05) is 18.4 Å². The first-order chi connectivity index (χ1) is 7.96. The largest absolute Gasteiger partial charge is 0.402 e. The van der Waals surface area contributed by atoms with Crippen molar-refractivity contribution in [2.45, 2.75) is 11.2 Å². The van der Waals surface area contributed by atoms with E-state index in [0.29, 0.717) is 12.1 Å². The van der Waals surface area contributed by atoms with Gasteiger partial charge in [-0.3, -0.25) is 0 Å². The Morgan fingerprint density at radius 3 is 2.41 bits per heavy atom. The van der Waals surface area contributed by atoms with Crippen LogP contribution in [0.15, 0.2) is 54.3 Å². The minimum atomic E-state index is -3.28. The molecule has 3 nitrogen and oxygen atoms in total. The summed E-state index contributed by atoms with van der Waals surface area (Å²) in [7, 11) is -3.28. The number of hydrogen-bond donors (Lipinski definition) is 1. The first kappa shape index (κ1) is 11.9.